The molecule has 1 heterocycles. The lowest BCUT2D eigenvalue weighted by Gasteiger charge is -2.19. The molecule has 0 aromatic heterocycles. The fourth-order valence-electron chi connectivity index (χ4n) is 3.12. The average Bonchev–Trinajstić information content (AvgIpc) is 3.14. The van der Waals surface area contributed by atoms with Gasteiger partial charge in [0.25, 0.3) is 0 Å². The standard InChI is InChI=1S/C21H22N2O4/c1-27-21(26)18(23-20(25)17-11-12-19(24)22-17)13-14-7-9-16(10-8-14)15-5-3-2-4-6-15/h2-10,17-18H,11-13H2,1H3,(H,22,24)(H,23,25)/t17-,18-/m1/s1. The van der Waals surface area contributed by atoms with E-state index in [0.717, 1.165) is 16.7 Å². The second-order valence-corrected chi connectivity index (χ2v) is 6.51. The van der Waals surface area contributed by atoms with Gasteiger partial charge in [0.1, 0.15) is 12.1 Å². The van der Waals surface area contributed by atoms with Gasteiger partial charge in [0, 0.05) is 12.8 Å². The van der Waals surface area contributed by atoms with Crippen molar-refractivity contribution in [2.75, 3.05) is 7.11 Å². The summed E-state index contributed by atoms with van der Waals surface area (Å²) in [6.07, 6.45) is 1.07. The van der Waals surface area contributed by atoms with Crippen molar-refractivity contribution in [2.24, 2.45) is 0 Å². The fraction of sp³-hybridized carbons (Fsp3) is 0.286. The summed E-state index contributed by atoms with van der Waals surface area (Å²) < 4.78 is 4.82. The molecule has 1 saturated heterocycles. The summed E-state index contributed by atoms with van der Waals surface area (Å²) in [4.78, 5) is 35.7. The van der Waals surface area contributed by atoms with Gasteiger partial charge in [0.2, 0.25) is 11.8 Å². The van der Waals surface area contributed by atoms with Gasteiger partial charge in [-0.05, 0) is 23.1 Å². The van der Waals surface area contributed by atoms with Gasteiger partial charge in [-0.15, -0.1) is 0 Å². The Balaban J connectivity index is 1.68. The number of hydrogen-bond acceptors (Lipinski definition) is 4. The first-order valence-corrected chi connectivity index (χ1v) is 8.89. The zero-order chi connectivity index (χ0) is 19.2. The van der Waals surface area contributed by atoms with Crippen LogP contribution in [0.3, 0.4) is 0 Å². The van der Waals surface area contributed by atoms with E-state index in [1.54, 1.807) is 0 Å². The number of ether oxygens (including phenoxy) is 1. The first-order chi connectivity index (χ1) is 13.1. The summed E-state index contributed by atoms with van der Waals surface area (Å²) in [6, 6.07) is 16.4. The van der Waals surface area contributed by atoms with E-state index < -0.39 is 18.1 Å². The number of carbonyl (C=O) groups is 3. The van der Waals surface area contributed by atoms with E-state index >= 15 is 0 Å². The Bertz CT molecular complexity index is 818. The number of hydrogen-bond donors (Lipinski definition) is 2. The Morgan fingerprint density at radius 1 is 1.11 bits per heavy atom. The molecule has 2 aromatic carbocycles. The predicted molar refractivity (Wildman–Crippen MR) is 101 cm³/mol. The highest BCUT2D eigenvalue weighted by molar-refractivity contribution is 5.93. The molecule has 2 N–H and O–H groups in total. The van der Waals surface area contributed by atoms with E-state index in [4.69, 9.17) is 4.74 Å². The van der Waals surface area contributed by atoms with Gasteiger partial charge in [-0.2, -0.15) is 0 Å². The second-order valence-electron chi connectivity index (χ2n) is 6.51. The number of methoxy groups -OCH3 is 1. The lowest BCUT2D eigenvalue weighted by atomic mass is 10.0. The summed E-state index contributed by atoms with van der Waals surface area (Å²) in [5.74, 6) is -1.03. The Morgan fingerprint density at radius 2 is 1.78 bits per heavy atom. The third-order valence-corrected chi connectivity index (χ3v) is 4.61. The topological polar surface area (TPSA) is 84.5 Å². The van der Waals surface area contributed by atoms with Crippen LogP contribution >= 0.6 is 0 Å². The molecule has 6 heteroatoms. The van der Waals surface area contributed by atoms with Crippen LogP contribution in [0.25, 0.3) is 11.1 Å². The molecule has 3 rings (SSSR count). The molecular weight excluding hydrogens is 344 g/mol. The SMILES string of the molecule is COC(=O)[C@@H](Cc1ccc(-c2ccccc2)cc1)NC(=O)[C@H]1CCC(=O)N1. The third-order valence-electron chi connectivity index (χ3n) is 4.61. The largest absolute Gasteiger partial charge is 0.467 e. The maximum absolute atomic E-state index is 12.3. The van der Waals surface area contributed by atoms with Gasteiger partial charge < -0.3 is 15.4 Å². The smallest absolute Gasteiger partial charge is 0.328 e. The van der Waals surface area contributed by atoms with E-state index in [-0.39, 0.29) is 11.8 Å². The molecule has 140 valence electrons. The highest BCUT2D eigenvalue weighted by atomic mass is 16.5. The van der Waals surface area contributed by atoms with Crippen molar-refractivity contribution < 1.29 is 19.1 Å². The van der Waals surface area contributed by atoms with Gasteiger partial charge in [-0.3, -0.25) is 9.59 Å². The van der Waals surface area contributed by atoms with Crippen LogP contribution < -0.4 is 10.6 Å². The fourth-order valence-corrected chi connectivity index (χ4v) is 3.12. The summed E-state index contributed by atoms with van der Waals surface area (Å²) >= 11 is 0. The van der Waals surface area contributed by atoms with Gasteiger partial charge in [0.15, 0.2) is 0 Å². The number of nitrogens with one attached hydrogen (secondary N) is 2. The van der Waals surface area contributed by atoms with Crippen LogP contribution in [0.4, 0.5) is 0 Å². The van der Waals surface area contributed by atoms with E-state index in [1.165, 1.54) is 7.11 Å². The Kier molecular flexibility index (Phi) is 5.86. The first-order valence-electron chi connectivity index (χ1n) is 8.89. The lowest BCUT2D eigenvalue weighted by molar-refractivity contribution is -0.145. The van der Waals surface area contributed by atoms with Gasteiger partial charge >= 0.3 is 5.97 Å². The monoisotopic (exact) mass is 366 g/mol. The van der Waals surface area contributed by atoms with E-state index in [1.807, 2.05) is 54.6 Å². The van der Waals surface area contributed by atoms with E-state index in [9.17, 15) is 14.4 Å². The van der Waals surface area contributed by atoms with E-state index in [0.29, 0.717) is 19.3 Å². The minimum Gasteiger partial charge on any atom is -0.467 e. The van der Waals surface area contributed by atoms with Crippen LogP contribution in [0.15, 0.2) is 54.6 Å². The Morgan fingerprint density at radius 3 is 2.37 bits per heavy atom. The molecule has 0 unspecified atom stereocenters. The van der Waals surface area contributed by atoms with Crippen molar-refractivity contribution in [3.05, 3.63) is 60.2 Å². The van der Waals surface area contributed by atoms with Crippen molar-refractivity contribution in [2.45, 2.75) is 31.3 Å². The molecule has 1 aliphatic rings. The van der Waals surface area contributed by atoms with E-state index in [2.05, 4.69) is 10.6 Å². The number of rotatable bonds is 6. The van der Waals surface area contributed by atoms with Gasteiger partial charge in [-0.25, -0.2) is 4.79 Å². The molecule has 27 heavy (non-hydrogen) atoms. The minimum atomic E-state index is -0.803. The molecule has 0 spiro atoms. The molecule has 2 amide bonds. The van der Waals surface area contributed by atoms with Gasteiger partial charge in [0.05, 0.1) is 7.11 Å². The molecule has 6 nitrogen and oxygen atoms in total. The molecule has 0 aliphatic carbocycles. The zero-order valence-corrected chi connectivity index (χ0v) is 15.1. The van der Waals surface area contributed by atoms with Crippen LogP contribution in [-0.4, -0.2) is 37.0 Å². The quantitative estimate of drug-likeness (QED) is 0.764. The zero-order valence-electron chi connectivity index (χ0n) is 15.1. The molecule has 0 saturated carbocycles. The minimum absolute atomic E-state index is 0.152. The second kappa shape index (κ2) is 8.49. The number of amides is 2. The number of carbonyl (C=O) groups excluding carboxylic acids is 3. The normalized spacial score (nSPS) is 17.1. The predicted octanol–water partition coefficient (Wildman–Crippen LogP) is 1.83. The van der Waals surface area contributed by atoms with Crippen molar-refractivity contribution in [1.29, 1.82) is 0 Å². The number of benzene rings is 2. The van der Waals surface area contributed by atoms with Crippen LogP contribution in [-0.2, 0) is 25.5 Å². The molecule has 0 radical (unpaired) electrons. The Hall–Kier alpha value is -3.15. The number of esters is 1. The average molecular weight is 366 g/mol. The maximum atomic E-state index is 12.3. The van der Waals surface area contributed by atoms with Crippen molar-refractivity contribution in [3.8, 4) is 11.1 Å². The summed E-state index contributed by atoms with van der Waals surface area (Å²) in [5.41, 5.74) is 3.09. The summed E-state index contributed by atoms with van der Waals surface area (Å²) in [6.45, 7) is 0. The van der Waals surface area contributed by atoms with Crippen molar-refractivity contribution in [3.63, 3.8) is 0 Å². The maximum Gasteiger partial charge on any atom is 0.328 e. The molecule has 1 fully saturated rings. The highest BCUT2D eigenvalue weighted by Crippen LogP contribution is 2.20. The summed E-state index contributed by atoms with van der Waals surface area (Å²) in [7, 11) is 1.29. The van der Waals surface area contributed by atoms with Gasteiger partial charge in [-0.1, -0.05) is 54.6 Å². The highest BCUT2D eigenvalue weighted by Gasteiger charge is 2.30. The molecule has 2 atom stereocenters. The van der Waals surface area contributed by atoms with Crippen LogP contribution in [0, 0.1) is 0 Å². The van der Waals surface area contributed by atoms with Crippen molar-refractivity contribution >= 4 is 17.8 Å². The van der Waals surface area contributed by atoms with Crippen LogP contribution in [0.1, 0.15) is 18.4 Å². The Labute approximate surface area is 157 Å². The lowest BCUT2D eigenvalue weighted by Crippen LogP contribution is -2.49. The van der Waals surface area contributed by atoms with Crippen molar-refractivity contribution in [1.82, 2.24) is 10.6 Å². The first kappa shape index (κ1) is 18.6. The molecule has 0 bridgehead atoms. The van der Waals surface area contributed by atoms with Crippen LogP contribution in [0.5, 0.6) is 0 Å². The molecule has 2 aromatic rings. The summed E-state index contributed by atoms with van der Waals surface area (Å²) in [5, 5.41) is 5.30. The molecular formula is C21H22N2O4. The third kappa shape index (κ3) is 4.73. The van der Waals surface area contributed by atoms with Crippen LogP contribution in [0.2, 0.25) is 0 Å². The molecule has 1 aliphatic heterocycles.